The molecule has 0 aliphatic carbocycles. The fourth-order valence-electron chi connectivity index (χ4n) is 2.24. The molecule has 2 amide bonds. The van der Waals surface area contributed by atoms with Crippen LogP contribution in [-0.4, -0.2) is 33.5 Å². The molecule has 2 aromatic rings. The van der Waals surface area contributed by atoms with Crippen LogP contribution < -0.4 is 10.2 Å². The number of carbonyl (C=O) groups is 2. The van der Waals surface area contributed by atoms with Gasteiger partial charge in [-0.3, -0.25) is 14.9 Å². The predicted octanol–water partition coefficient (Wildman–Crippen LogP) is 1.45. The van der Waals surface area contributed by atoms with Crippen LogP contribution in [0.25, 0.3) is 0 Å². The Kier molecular flexibility index (Phi) is 3.57. The Morgan fingerprint density at radius 2 is 2.14 bits per heavy atom. The zero-order valence-corrected chi connectivity index (χ0v) is 11.7. The summed E-state index contributed by atoms with van der Waals surface area (Å²) >= 11 is 5.83. The normalized spacial score (nSPS) is 18.0. The predicted molar refractivity (Wildman–Crippen MR) is 76.9 cm³/mol. The highest BCUT2D eigenvalue weighted by Gasteiger charge is 2.35. The number of aromatic amines is 1. The van der Waals surface area contributed by atoms with Gasteiger partial charge in [0.1, 0.15) is 6.33 Å². The number of carbonyl (C=O) groups excluding carboxylic acids is 2. The van der Waals surface area contributed by atoms with Gasteiger partial charge in [0.05, 0.1) is 5.92 Å². The van der Waals surface area contributed by atoms with E-state index in [9.17, 15) is 9.59 Å². The van der Waals surface area contributed by atoms with Crippen molar-refractivity contribution in [3.63, 3.8) is 0 Å². The minimum atomic E-state index is -0.418. The number of halogens is 1. The van der Waals surface area contributed by atoms with E-state index in [1.54, 1.807) is 29.2 Å². The summed E-state index contributed by atoms with van der Waals surface area (Å²) in [5, 5.41) is 9.39. The van der Waals surface area contributed by atoms with Gasteiger partial charge in [-0.1, -0.05) is 11.6 Å². The molecule has 7 nitrogen and oxygen atoms in total. The molecule has 2 heterocycles. The first kappa shape index (κ1) is 13.6. The van der Waals surface area contributed by atoms with E-state index < -0.39 is 5.92 Å². The first-order valence-corrected chi connectivity index (χ1v) is 6.73. The second kappa shape index (κ2) is 5.53. The van der Waals surface area contributed by atoms with Crippen molar-refractivity contribution in [3.05, 3.63) is 35.6 Å². The Morgan fingerprint density at radius 1 is 1.38 bits per heavy atom. The Labute approximate surface area is 125 Å². The minimum absolute atomic E-state index is 0.0879. The molecule has 0 saturated carbocycles. The summed E-state index contributed by atoms with van der Waals surface area (Å²) in [5.41, 5.74) is 0.736. The van der Waals surface area contributed by atoms with E-state index in [0.717, 1.165) is 5.69 Å². The topological polar surface area (TPSA) is 91.0 Å². The van der Waals surface area contributed by atoms with Crippen LogP contribution in [0.1, 0.15) is 6.42 Å². The number of hydrogen-bond donors (Lipinski definition) is 2. The number of nitrogens with zero attached hydrogens (tertiary/aromatic N) is 3. The molecule has 0 spiro atoms. The molecular weight excluding hydrogens is 294 g/mol. The number of hydrogen-bond acceptors (Lipinski definition) is 4. The molecule has 0 unspecified atom stereocenters. The second-order valence-corrected chi connectivity index (χ2v) is 5.14. The molecule has 0 bridgehead atoms. The van der Waals surface area contributed by atoms with Gasteiger partial charge in [0, 0.05) is 23.7 Å². The Balaban J connectivity index is 1.69. The maximum Gasteiger partial charge on any atom is 0.232 e. The van der Waals surface area contributed by atoms with Gasteiger partial charge < -0.3 is 4.90 Å². The average Bonchev–Trinajstić information content (AvgIpc) is 3.09. The fourth-order valence-corrected chi connectivity index (χ4v) is 2.36. The van der Waals surface area contributed by atoms with Crippen molar-refractivity contribution in [3.8, 4) is 0 Å². The number of anilines is 2. The van der Waals surface area contributed by atoms with Crippen LogP contribution in [0.15, 0.2) is 30.6 Å². The van der Waals surface area contributed by atoms with Crippen molar-refractivity contribution in [1.82, 2.24) is 15.2 Å². The average molecular weight is 306 g/mol. The van der Waals surface area contributed by atoms with E-state index >= 15 is 0 Å². The molecule has 1 aromatic heterocycles. The van der Waals surface area contributed by atoms with Gasteiger partial charge in [-0.25, -0.2) is 5.10 Å². The van der Waals surface area contributed by atoms with E-state index in [0.29, 0.717) is 11.6 Å². The third kappa shape index (κ3) is 2.87. The quantitative estimate of drug-likeness (QED) is 0.898. The van der Waals surface area contributed by atoms with Crippen LogP contribution in [0.4, 0.5) is 11.6 Å². The zero-order valence-electron chi connectivity index (χ0n) is 10.9. The minimum Gasteiger partial charge on any atom is -0.312 e. The Bertz CT molecular complexity index is 656. The molecule has 2 N–H and O–H groups in total. The summed E-state index contributed by atoms with van der Waals surface area (Å²) in [6, 6.07) is 6.95. The van der Waals surface area contributed by atoms with Crippen LogP contribution in [0.3, 0.4) is 0 Å². The highest BCUT2D eigenvalue weighted by Crippen LogP contribution is 2.26. The Morgan fingerprint density at radius 3 is 2.81 bits per heavy atom. The largest absolute Gasteiger partial charge is 0.312 e. The highest BCUT2D eigenvalue weighted by atomic mass is 35.5. The number of benzene rings is 1. The maximum atomic E-state index is 12.1. The molecular formula is C13H12ClN5O2. The lowest BCUT2D eigenvalue weighted by Gasteiger charge is -2.16. The van der Waals surface area contributed by atoms with Gasteiger partial charge in [0.2, 0.25) is 17.8 Å². The van der Waals surface area contributed by atoms with Crippen molar-refractivity contribution in [2.45, 2.75) is 6.42 Å². The lowest BCUT2D eigenvalue weighted by atomic mass is 10.1. The summed E-state index contributed by atoms with van der Waals surface area (Å²) in [7, 11) is 0. The van der Waals surface area contributed by atoms with Gasteiger partial charge in [-0.05, 0) is 24.3 Å². The molecule has 3 rings (SSSR count). The van der Waals surface area contributed by atoms with E-state index in [-0.39, 0.29) is 24.2 Å². The number of H-pyrrole nitrogens is 1. The molecule has 21 heavy (non-hydrogen) atoms. The lowest BCUT2D eigenvalue weighted by Crippen LogP contribution is -2.28. The van der Waals surface area contributed by atoms with Gasteiger partial charge in [-0.15, -0.1) is 0 Å². The first-order valence-electron chi connectivity index (χ1n) is 6.35. The summed E-state index contributed by atoms with van der Waals surface area (Å²) in [6.45, 7) is 0.334. The van der Waals surface area contributed by atoms with Crippen LogP contribution in [0.5, 0.6) is 0 Å². The standard InChI is InChI=1S/C13H12ClN5O2/c14-9-1-3-10(4-2-9)19-6-8(5-11(19)20)12(21)17-13-15-7-16-18-13/h1-4,7-8H,5-6H2,(H2,15,16,17,18,21)/t8-/m0/s1. The van der Waals surface area contributed by atoms with E-state index in [1.165, 1.54) is 6.33 Å². The van der Waals surface area contributed by atoms with Crippen LogP contribution in [-0.2, 0) is 9.59 Å². The molecule has 1 saturated heterocycles. The van der Waals surface area contributed by atoms with Gasteiger partial charge in [0.25, 0.3) is 0 Å². The molecule has 1 aromatic carbocycles. The van der Waals surface area contributed by atoms with Crippen molar-refractivity contribution >= 4 is 35.1 Å². The number of amides is 2. The summed E-state index contributed by atoms with van der Waals surface area (Å²) in [6.07, 6.45) is 1.47. The molecule has 1 atom stereocenters. The van der Waals surface area contributed by atoms with E-state index in [2.05, 4.69) is 20.5 Å². The van der Waals surface area contributed by atoms with Crippen molar-refractivity contribution < 1.29 is 9.59 Å². The van der Waals surface area contributed by atoms with Crippen LogP contribution in [0, 0.1) is 5.92 Å². The van der Waals surface area contributed by atoms with Crippen LogP contribution >= 0.6 is 11.6 Å². The van der Waals surface area contributed by atoms with Gasteiger partial charge in [0.15, 0.2) is 0 Å². The zero-order chi connectivity index (χ0) is 14.8. The summed E-state index contributed by atoms with van der Waals surface area (Å²) < 4.78 is 0. The van der Waals surface area contributed by atoms with Gasteiger partial charge in [-0.2, -0.15) is 10.1 Å². The molecule has 1 aliphatic rings. The molecule has 108 valence electrons. The highest BCUT2D eigenvalue weighted by molar-refractivity contribution is 6.30. The summed E-state index contributed by atoms with van der Waals surface area (Å²) in [5.74, 6) is -0.484. The number of aromatic nitrogens is 3. The second-order valence-electron chi connectivity index (χ2n) is 4.71. The fraction of sp³-hybridized carbons (Fsp3) is 0.231. The first-order chi connectivity index (χ1) is 10.1. The van der Waals surface area contributed by atoms with Crippen molar-refractivity contribution in [2.75, 3.05) is 16.8 Å². The van der Waals surface area contributed by atoms with Crippen molar-refractivity contribution in [1.29, 1.82) is 0 Å². The maximum absolute atomic E-state index is 12.1. The number of rotatable bonds is 3. The smallest absolute Gasteiger partial charge is 0.232 e. The molecule has 1 aliphatic heterocycles. The summed E-state index contributed by atoms with van der Waals surface area (Å²) in [4.78, 5) is 29.6. The third-order valence-corrected chi connectivity index (χ3v) is 3.54. The molecule has 8 heteroatoms. The Hall–Kier alpha value is -2.41. The monoisotopic (exact) mass is 305 g/mol. The SMILES string of the molecule is O=C(Nc1ncn[nH]1)[C@H]1CC(=O)N(c2ccc(Cl)cc2)C1. The lowest BCUT2D eigenvalue weighted by molar-refractivity contribution is -0.122. The van der Waals surface area contributed by atoms with Crippen LogP contribution in [0.2, 0.25) is 5.02 Å². The molecule has 1 fully saturated rings. The van der Waals surface area contributed by atoms with Crippen molar-refractivity contribution in [2.24, 2.45) is 5.92 Å². The van der Waals surface area contributed by atoms with E-state index in [4.69, 9.17) is 11.6 Å². The van der Waals surface area contributed by atoms with E-state index in [1.807, 2.05) is 0 Å². The third-order valence-electron chi connectivity index (χ3n) is 3.29. The van der Waals surface area contributed by atoms with Gasteiger partial charge >= 0.3 is 0 Å². The molecule has 0 radical (unpaired) electrons. The number of nitrogens with one attached hydrogen (secondary N) is 2.